The minimum Gasteiger partial charge on any atom is -0.355 e. The van der Waals surface area contributed by atoms with Crippen LogP contribution in [0.5, 0.6) is 0 Å². The van der Waals surface area contributed by atoms with Crippen molar-refractivity contribution < 1.29 is 9.59 Å². The van der Waals surface area contributed by atoms with Gasteiger partial charge >= 0.3 is 0 Å². The van der Waals surface area contributed by atoms with E-state index in [0.29, 0.717) is 24.5 Å². The Morgan fingerprint density at radius 1 is 0.923 bits per heavy atom. The Labute approximate surface area is 159 Å². The van der Waals surface area contributed by atoms with E-state index in [0.717, 1.165) is 11.1 Å². The van der Waals surface area contributed by atoms with Crippen LogP contribution in [0.1, 0.15) is 31.4 Å². The van der Waals surface area contributed by atoms with E-state index in [2.05, 4.69) is 24.5 Å². The Balaban J connectivity index is 1.70. The average Bonchev–Trinajstić information content (AvgIpc) is 2.61. The third-order valence-electron chi connectivity index (χ3n) is 4.23. The number of nitrogens with one attached hydrogen (secondary N) is 2. The van der Waals surface area contributed by atoms with E-state index in [-0.39, 0.29) is 23.7 Å². The van der Waals surface area contributed by atoms with Crippen molar-refractivity contribution in [1.82, 2.24) is 10.6 Å². The van der Waals surface area contributed by atoms with E-state index in [1.165, 1.54) is 0 Å². The molecule has 5 heteroatoms. The molecule has 0 fully saturated rings. The van der Waals surface area contributed by atoms with E-state index in [1.807, 2.05) is 54.6 Å². The Bertz CT molecular complexity index is 727. The molecule has 2 N–H and O–H groups in total. The molecule has 2 amide bonds. The van der Waals surface area contributed by atoms with E-state index in [1.54, 1.807) is 0 Å². The zero-order chi connectivity index (χ0) is 19.0. The minimum absolute atomic E-state index is 0.0768. The van der Waals surface area contributed by atoms with Gasteiger partial charge in [-0.1, -0.05) is 67.9 Å². The Hall–Kier alpha value is -2.33. The summed E-state index contributed by atoms with van der Waals surface area (Å²) in [6.45, 7) is 4.99. The van der Waals surface area contributed by atoms with Crippen LogP contribution in [0.15, 0.2) is 54.6 Å². The molecule has 2 aromatic rings. The first-order valence-corrected chi connectivity index (χ1v) is 9.08. The van der Waals surface area contributed by atoms with Crippen molar-refractivity contribution >= 4 is 23.4 Å². The van der Waals surface area contributed by atoms with Gasteiger partial charge in [-0.05, 0) is 23.3 Å². The van der Waals surface area contributed by atoms with Gasteiger partial charge in [-0.3, -0.25) is 9.59 Å². The average molecular weight is 373 g/mol. The molecule has 0 heterocycles. The second-order valence-electron chi connectivity index (χ2n) is 6.93. The molecule has 138 valence electrons. The first kappa shape index (κ1) is 20.0. The fraction of sp³-hybridized carbons (Fsp3) is 0.333. The molecule has 4 nitrogen and oxygen atoms in total. The summed E-state index contributed by atoms with van der Waals surface area (Å²) in [5.41, 5.74) is 1.87. The summed E-state index contributed by atoms with van der Waals surface area (Å²) in [5, 5.41) is 6.41. The van der Waals surface area contributed by atoms with Crippen molar-refractivity contribution in [2.75, 3.05) is 13.1 Å². The highest BCUT2D eigenvalue weighted by molar-refractivity contribution is 6.30. The molecule has 0 saturated heterocycles. The minimum atomic E-state index is -0.198. The second kappa shape index (κ2) is 9.39. The maximum absolute atomic E-state index is 12.0. The molecule has 0 aliphatic heterocycles. The van der Waals surface area contributed by atoms with Crippen molar-refractivity contribution in [2.24, 2.45) is 0 Å². The van der Waals surface area contributed by atoms with Gasteiger partial charge in [0, 0.05) is 29.9 Å². The van der Waals surface area contributed by atoms with Crippen LogP contribution in [-0.2, 0) is 21.4 Å². The van der Waals surface area contributed by atoms with Gasteiger partial charge in [0.1, 0.15) is 0 Å². The summed E-state index contributed by atoms with van der Waals surface area (Å²) in [4.78, 5) is 23.9. The Morgan fingerprint density at radius 3 is 2.23 bits per heavy atom. The van der Waals surface area contributed by atoms with Gasteiger partial charge in [0.25, 0.3) is 0 Å². The van der Waals surface area contributed by atoms with Crippen molar-refractivity contribution in [2.45, 2.75) is 32.1 Å². The molecule has 0 aromatic heterocycles. The summed E-state index contributed by atoms with van der Waals surface area (Å²) < 4.78 is 0. The molecule has 0 radical (unpaired) electrons. The number of carbonyl (C=O) groups excluding carboxylic acids is 2. The van der Waals surface area contributed by atoms with E-state index in [9.17, 15) is 9.59 Å². The third-order valence-corrected chi connectivity index (χ3v) is 4.49. The molecule has 0 unspecified atom stereocenters. The van der Waals surface area contributed by atoms with Gasteiger partial charge in [0.15, 0.2) is 0 Å². The Kier molecular flexibility index (Phi) is 7.22. The molecule has 0 bridgehead atoms. The highest BCUT2D eigenvalue weighted by Gasteiger charge is 2.21. The van der Waals surface area contributed by atoms with Crippen LogP contribution >= 0.6 is 11.6 Å². The lowest BCUT2D eigenvalue weighted by Crippen LogP contribution is -2.38. The summed E-state index contributed by atoms with van der Waals surface area (Å²) in [7, 11) is 0. The molecular formula is C21H25ClN2O2. The highest BCUT2D eigenvalue weighted by Crippen LogP contribution is 2.23. The number of hydrogen-bond donors (Lipinski definition) is 2. The SMILES string of the molecule is CC(C)(CNC(=O)CCNC(=O)Cc1ccccc1)c1ccc(Cl)cc1. The predicted molar refractivity (Wildman–Crippen MR) is 105 cm³/mol. The number of amides is 2. The van der Waals surface area contributed by atoms with Gasteiger partial charge in [-0.25, -0.2) is 0 Å². The fourth-order valence-electron chi connectivity index (χ4n) is 2.57. The van der Waals surface area contributed by atoms with Crippen LogP contribution in [0.2, 0.25) is 5.02 Å². The number of benzene rings is 2. The molecule has 26 heavy (non-hydrogen) atoms. The van der Waals surface area contributed by atoms with Crippen molar-refractivity contribution in [3.8, 4) is 0 Å². The van der Waals surface area contributed by atoms with Crippen LogP contribution in [-0.4, -0.2) is 24.9 Å². The summed E-state index contributed by atoms with van der Waals surface area (Å²) in [6.07, 6.45) is 0.587. The molecule has 2 rings (SSSR count). The zero-order valence-corrected chi connectivity index (χ0v) is 16.0. The summed E-state index contributed by atoms with van der Waals surface area (Å²) in [6, 6.07) is 17.2. The number of hydrogen-bond acceptors (Lipinski definition) is 2. The van der Waals surface area contributed by atoms with Gasteiger partial charge in [0.05, 0.1) is 6.42 Å². The predicted octanol–water partition coefficient (Wildman–Crippen LogP) is 3.48. The summed E-state index contributed by atoms with van der Waals surface area (Å²) >= 11 is 5.92. The Morgan fingerprint density at radius 2 is 1.58 bits per heavy atom. The lowest BCUT2D eigenvalue weighted by atomic mass is 9.84. The molecule has 0 aliphatic rings. The van der Waals surface area contributed by atoms with Crippen molar-refractivity contribution in [3.63, 3.8) is 0 Å². The molecule has 0 saturated carbocycles. The van der Waals surface area contributed by atoms with E-state index in [4.69, 9.17) is 11.6 Å². The van der Waals surface area contributed by atoms with Crippen LogP contribution < -0.4 is 10.6 Å². The standard InChI is InChI=1S/C21H25ClN2O2/c1-21(2,17-8-10-18(22)11-9-17)15-24-19(25)12-13-23-20(26)14-16-6-4-3-5-7-16/h3-11H,12-15H2,1-2H3,(H,23,26)(H,24,25). The number of halogens is 1. The monoisotopic (exact) mass is 372 g/mol. The van der Waals surface area contributed by atoms with E-state index >= 15 is 0 Å². The largest absolute Gasteiger partial charge is 0.355 e. The smallest absolute Gasteiger partial charge is 0.224 e. The lowest BCUT2D eigenvalue weighted by molar-refractivity contribution is -0.122. The molecule has 2 aromatic carbocycles. The first-order chi connectivity index (χ1) is 12.4. The van der Waals surface area contributed by atoms with Crippen LogP contribution in [0.4, 0.5) is 0 Å². The van der Waals surface area contributed by atoms with Gasteiger partial charge in [-0.15, -0.1) is 0 Å². The number of rotatable bonds is 8. The molecule has 0 atom stereocenters. The molecular weight excluding hydrogens is 348 g/mol. The van der Waals surface area contributed by atoms with Crippen LogP contribution in [0.3, 0.4) is 0 Å². The quantitative estimate of drug-likeness (QED) is 0.745. The van der Waals surface area contributed by atoms with Gasteiger partial charge < -0.3 is 10.6 Å². The topological polar surface area (TPSA) is 58.2 Å². The second-order valence-corrected chi connectivity index (χ2v) is 7.37. The lowest BCUT2D eigenvalue weighted by Gasteiger charge is -2.25. The molecule has 0 spiro atoms. The first-order valence-electron chi connectivity index (χ1n) is 8.70. The maximum atomic E-state index is 12.0. The number of carbonyl (C=O) groups is 2. The zero-order valence-electron chi connectivity index (χ0n) is 15.2. The third kappa shape index (κ3) is 6.52. The van der Waals surface area contributed by atoms with Crippen molar-refractivity contribution in [1.29, 1.82) is 0 Å². The summed E-state index contributed by atoms with van der Waals surface area (Å²) in [5.74, 6) is -0.155. The van der Waals surface area contributed by atoms with Crippen molar-refractivity contribution in [3.05, 3.63) is 70.7 Å². The normalized spacial score (nSPS) is 11.0. The fourth-order valence-corrected chi connectivity index (χ4v) is 2.70. The maximum Gasteiger partial charge on any atom is 0.224 e. The molecule has 0 aliphatic carbocycles. The van der Waals surface area contributed by atoms with Gasteiger partial charge in [-0.2, -0.15) is 0 Å². The highest BCUT2D eigenvalue weighted by atomic mass is 35.5. The van der Waals surface area contributed by atoms with Gasteiger partial charge in [0.2, 0.25) is 11.8 Å². The van der Waals surface area contributed by atoms with E-state index < -0.39 is 0 Å². The van der Waals surface area contributed by atoms with Crippen LogP contribution in [0.25, 0.3) is 0 Å². The van der Waals surface area contributed by atoms with Crippen LogP contribution in [0, 0.1) is 0 Å².